The van der Waals surface area contributed by atoms with Gasteiger partial charge in [0.15, 0.2) is 0 Å². The molecule has 8 heteroatoms. The van der Waals surface area contributed by atoms with Gasteiger partial charge < -0.3 is 14.8 Å². The predicted molar refractivity (Wildman–Crippen MR) is 139 cm³/mol. The molecule has 0 bridgehead atoms. The van der Waals surface area contributed by atoms with E-state index in [1.807, 2.05) is 50.2 Å². The molecule has 0 saturated heterocycles. The summed E-state index contributed by atoms with van der Waals surface area (Å²) < 4.78 is 13.7. The van der Waals surface area contributed by atoms with Crippen molar-refractivity contribution in [2.75, 3.05) is 17.7 Å². The van der Waals surface area contributed by atoms with Crippen LogP contribution in [-0.2, 0) is 16.1 Å². The number of nitrogens with one attached hydrogen (secondary N) is 1. The second kappa shape index (κ2) is 11.4. The van der Waals surface area contributed by atoms with Crippen molar-refractivity contribution in [2.45, 2.75) is 58.3 Å². The largest absolute Gasteiger partial charge is 0.489 e. The highest BCUT2D eigenvalue weighted by Gasteiger charge is 2.36. The van der Waals surface area contributed by atoms with Crippen molar-refractivity contribution < 1.29 is 14.3 Å². The maximum atomic E-state index is 13.2. The highest BCUT2D eigenvalue weighted by atomic mass is 32.2. The van der Waals surface area contributed by atoms with Gasteiger partial charge in [0, 0.05) is 17.0 Å². The number of hydrogen-bond acceptors (Lipinski definition) is 7. The lowest BCUT2D eigenvalue weighted by Gasteiger charge is -2.29. The highest BCUT2D eigenvalue weighted by molar-refractivity contribution is 7.99. The molecule has 1 N–H and O–H groups in total. The number of rotatable bonds is 10. The number of fused-ring (bicyclic) bond motifs is 1. The monoisotopic (exact) mass is 492 g/mol. The van der Waals surface area contributed by atoms with Crippen LogP contribution in [0.2, 0.25) is 0 Å². The van der Waals surface area contributed by atoms with Crippen LogP contribution in [0.3, 0.4) is 0 Å². The average Bonchev–Trinajstić information content (AvgIpc) is 3.27. The molecule has 3 aromatic rings. The zero-order valence-electron chi connectivity index (χ0n) is 20.7. The van der Waals surface area contributed by atoms with Crippen molar-refractivity contribution in [3.8, 4) is 5.75 Å². The van der Waals surface area contributed by atoms with Crippen LogP contribution in [0.5, 0.6) is 5.75 Å². The average molecular weight is 493 g/mol. The molecule has 2 aromatic carbocycles. The summed E-state index contributed by atoms with van der Waals surface area (Å²) in [6.45, 7) is 8.84. The second-order valence-corrected chi connectivity index (χ2v) is 9.53. The third-order valence-corrected chi connectivity index (χ3v) is 6.83. The van der Waals surface area contributed by atoms with Crippen LogP contribution in [0, 0.1) is 6.92 Å². The van der Waals surface area contributed by atoms with Crippen LogP contribution < -0.4 is 10.1 Å². The molecule has 1 aromatic heterocycles. The normalized spacial score (nSPS) is 14.9. The zero-order chi connectivity index (χ0) is 24.8. The molecule has 0 amide bonds. The number of allylic oxidation sites excluding steroid dienone is 1. The fourth-order valence-electron chi connectivity index (χ4n) is 3.98. The van der Waals surface area contributed by atoms with Gasteiger partial charge in [-0.05, 0) is 43.9 Å². The van der Waals surface area contributed by atoms with Crippen LogP contribution in [0.4, 0.5) is 5.95 Å². The van der Waals surface area contributed by atoms with E-state index in [1.54, 1.807) is 16.4 Å². The number of aryl methyl sites for hydroxylation is 1. The fraction of sp³-hybridized carbons (Fsp3) is 0.370. The van der Waals surface area contributed by atoms with Crippen LogP contribution in [0.25, 0.3) is 0 Å². The van der Waals surface area contributed by atoms with Crippen molar-refractivity contribution in [1.29, 1.82) is 0 Å². The van der Waals surface area contributed by atoms with Gasteiger partial charge in [0.2, 0.25) is 11.1 Å². The van der Waals surface area contributed by atoms with E-state index in [-0.39, 0.29) is 5.97 Å². The minimum Gasteiger partial charge on any atom is -0.489 e. The number of thioether (sulfide) groups is 1. The van der Waals surface area contributed by atoms with Crippen LogP contribution >= 0.6 is 11.8 Å². The van der Waals surface area contributed by atoms with Crippen molar-refractivity contribution in [2.24, 2.45) is 0 Å². The number of anilines is 1. The number of esters is 1. The first-order chi connectivity index (χ1) is 17.0. The molecule has 1 aliphatic rings. The van der Waals surface area contributed by atoms with E-state index in [2.05, 4.69) is 36.3 Å². The Kier molecular flexibility index (Phi) is 8.13. The molecule has 7 nitrogen and oxygen atoms in total. The second-order valence-electron chi connectivity index (χ2n) is 8.47. The van der Waals surface area contributed by atoms with Gasteiger partial charge in [0.1, 0.15) is 18.4 Å². The van der Waals surface area contributed by atoms with E-state index >= 15 is 0 Å². The summed E-state index contributed by atoms with van der Waals surface area (Å²) in [5.74, 6) is 1.86. The maximum Gasteiger partial charge on any atom is 0.338 e. The molecule has 2 heterocycles. The molecule has 0 aliphatic carbocycles. The summed E-state index contributed by atoms with van der Waals surface area (Å²) in [5, 5.41) is 8.71. The zero-order valence-corrected chi connectivity index (χ0v) is 21.5. The molecule has 0 spiro atoms. The molecule has 35 heavy (non-hydrogen) atoms. The van der Waals surface area contributed by atoms with Crippen LogP contribution in [-0.4, -0.2) is 33.1 Å². The number of aromatic nitrogens is 3. The Balaban J connectivity index is 1.75. The van der Waals surface area contributed by atoms with E-state index in [0.29, 0.717) is 41.3 Å². The first-order valence-electron chi connectivity index (χ1n) is 12.0. The molecule has 184 valence electrons. The van der Waals surface area contributed by atoms with Gasteiger partial charge in [-0.1, -0.05) is 68.1 Å². The van der Waals surface area contributed by atoms with Gasteiger partial charge in [-0.3, -0.25) is 0 Å². The SMILES string of the molecule is CCCOC(=O)C1=C(C)Nc2nc(SCCC)nn2C1c1ccccc1OCc1ccccc1C. The summed E-state index contributed by atoms with van der Waals surface area (Å²) in [7, 11) is 0. The molecule has 4 rings (SSSR count). The van der Waals surface area contributed by atoms with Crippen LogP contribution in [0.15, 0.2) is 65.0 Å². The number of ether oxygens (including phenoxy) is 2. The van der Waals surface area contributed by atoms with E-state index < -0.39 is 6.04 Å². The van der Waals surface area contributed by atoms with Crippen molar-refractivity contribution in [3.63, 3.8) is 0 Å². The van der Waals surface area contributed by atoms with E-state index in [0.717, 1.165) is 29.7 Å². The molecule has 0 radical (unpaired) electrons. The Morgan fingerprint density at radius 1 is 1.09 bits per heavy atom. The summed E-state index contributed by atoms with van der Waals surface area (Å²) in [4.78, 5) is 17.9. The van der Waals surface area contributed by atoms with Gasteiger partial charge in [-0.2, -0.15) is 4.98 Å². The minimum atomic E-state index is -0.521. The third kappa shape index (κ3) is 5.53. The lowest BCUT2D eigenvalue weighted by atomic mass is 9.95. The molecule has 1 atom stereocenters. The first-order valence-corrected chi connectivity index (χ1v) is 13.0. The van der Waals surface area contributed by atoms with Gasteiger partial charge in [-0.25, -0.2) is 9.48 Å². The molecule has 1 unspecified atom stereocenters. The Morgan fingerprint density at radius 2 is 1.86 bits per heavy atom. The van der Waals surface area contributed by atoms with Crippen molar-refractivity contribution >= 4 is 23.7 Å². The molecule has 1 aliphatic heterocycles. The van der Waals surface area contributed by atoms with E-state index in [1.165, 1.54) is 5.56 Å². The Hall–Kier alpha value is -3.26. The predicted octanol–water partition coefficient (Wildman–Crippen LogP) is 5.91. The smallest absolute Gasteiger partial charge is 0.338 e. The summed E-state index contributed by atoms with van der Waals surface area (Å²) in [5.41, 5.74) is 4.33. The first kappa shape index (κ1) is 24.9. The lowest BCUT2D eigenvalue weighted by Crippen LogP contribution is -2.30. The Morgan fingerprint density at radius 3 is 2.63 bits per heavy atom. The summed E-state index contributed by atoms with van der Waals surface area (Å²) in [6, 6.07) is 15.4. The van der Waals surface area contributed by atoms with E-state index in [4.69, 9.17) is 14.6 Å². The standard InChI is InChI=1S/C27H32N4O3S/c1-5-15-33-25(32)23-19(4)28-26-29-27(35-16-6-2)30-31(26)24(23)21-13-9-10-14-22(21)34-17-20-12-8-7-11-18(20)3/h7-14,24H,5-6,15-17H2,1-4H3,(H,28,29,30). The van der Waals surface area contributed by atoms with Gasteiger partial charge in [0.25, 0.3) is 0 Å². The fourth-order valence-corrected chi connectivity index (χ4v) is 4.66. The van der Waals surface area contributed by atoms with E-state index in [9.17, 15) is 4.79 Å². The quantitative estimate of drug-likeness (QED) is 0.278. The topological polar surface area (TPSA) is 78.3 Å². The maximum absolute atomic E-state index is 13.2. The van der Waals surface area contributed by atoms with Crippen molar-refractivity contribution in [3.05, 3.63) is 76.5 Å². The summed E-state index contributed by atoms with van der Waals surface area (Å²) in [6.07, 6.45) is 1.77. The molecular formula is C27H32N4O3S. The van der Waals surface area contributed by atoms with Gasteiger partial charge in [0.05, 0.1) is 12.2 Å². The number of benzene rings is 2. The number of hydrogen-bond donors (Lipinski definition) is 1. The summed E-state index contributed by atoms with van der Waals surface area (Å²) >= 11 is 1.60. The number of nitrogens with zero attached hydrogens (tertiary/aromatic N) is 3. The van der Waals surface area contributed by atoms with Gasteiger partial charge in [-0.15, -0.1) is 5.10 Å². The molecular weight excluding hydrogens is 460 g/mol. The number of carbonyl (C=O) groups is 1. The molecule has 0 fully saturated rings. The van der Waals surface area contributed by atoms with Crippen LogP contribution in [0.1, 0.15) is 56.3 Å². The number of para-hydroxylation sites is 1. The third-order valence-electron chi connectivity index (χ3n) is 5.78. The minimum absolute atomic E-state index is 0.357. The number of carbonyl (C=O) groups excluding carboxylic acids is 1. The molecule has 0 saturated carbocycles. The lowest BCUT2D eigenvalue weighted by molar-refractivity contribution is -0.139. The Bertz CT molecular complexity index is 1220. The Labute approximate surface area is 210 Å². The van der Waals surface area contributed by atoms with Crippen molar-refractivity contribution in [1.82, 2.24) is 14.8 Å². The van der Waals surface area contributed by atoms with Gasteiger partial charge >= 0.3 is 5.97 Å². The highest BCUT2D eigenvalue weighted by Crippen LogP contribution is 2.40.